The van der Waals surface area contributed by atoms with E-state index in [0.717, 1.165) is 22.4 Å². The van der Waals surface area contributed by atoms with Crippen LogP contribution in [0.2, 0.25) is 0 Å². The summed E-state index contributed by atoms with van der Waals surface area (Å²) < 4.78 is 0. The van der Waals surface area contributed by atoms with Crippen molar-refractivity contribution in [1.82, 2.24) is 0 Å². The summed E-state index contributed by atoms with van der Waals surface area (Å²) in [6, 6.07) is 15.9. The number of amides is 1. The van der Waals surface area contributed by atoms with Gasteiger partial charge in [-0.3, -0.25) is 4.79 Å². The van der Waals surface area contributed by atoms with Crippen molar-refractivity contribution in [2.24, 2.45) is 0 Å². The summed E-state index contributed by atoms with van der Waals surface area (Å²) in [6.07, 6.45) is 1.93. The van der Waals surface area contributed by atoms with E-state index in [-0.39, 0.29) is 5.91 Å². The SMILES string of the molecule is Cc1ccc(/C=C2\C(=O)Nc3ccccc32)cc1. The highest BCUT2D eigenvalue weighted by Crippen LogP contribution is 2.32. The monoisotopic (exact) mass is 235 g/mol. The van der Waals surface area contributed by atoms with Crippen LogP contribution in [0, 0.1) is 6.92 Å². The Labute approximate surface area is 106 Å². The van der Waals surface area contributed by atoms with E-state index < -0.39 is 0 Å². The highest BCUT2D eigenvalue weighted by Gasteiger charge is 2.22. The van der Waals surface area contributed by atoms with Crippen LogP contribution in [0.25, 0.3) is 11.6 Å². The Hall–Kier alpha value is -2.35. The third-order valence-electron chi connectivity index (χ3n) is 3.10. The molecule has 0 radical (unpaired) electrons. The van der Waals surface area contributed by atoms with Crippen molar-refractivity contribution < 1.29 is 4.79 Å². The van der Waals surface area contributed by atoms with Gasteiger partial charge in [-0.05, 0) is 24.6 Å². The first-order chi connectivity index (χ1) is 8.74. The Morgan fingerprint density at radius 1 is 1.00 bits per heavy atom. The summed E-state index contributed by atoms with van der Waals surface area (Å²) >= 11 is 0. The molecule has 0 saturated heterocycles. The maximum atomic E-state index is 11.9. The molecule has 0 bridgehead atoms. The zero-order chi connectivity index (χ0) is 12.5. The maximum absolute atomic E-state index is 11.9. The van der Waals surface area contributed by atoms with Crippen LogP contribution in [-0.2, 0) is 4.79 Å². The van der Waals surface area contributed by atoms with E-state index in [1.54, 1.807) is 0 Å². The van der Waals surface area contributed by atoms with Crippen LogP contribution in [0.5, 0.6) is 0 Å². The van der Waals surface area contributed by atoms with Crippen LogP contribution in [0.4, 0.5) is 5.69 Å². The number of carbonyl (C=O) groups excluding carboxylic acids is 1. The molecule has 0 aromatic heterocycles. The minimum absolute atomic E-state index is 0.0308. The van der Waals surface area contributed by atoms with Gasteiger partial charge in [0.25, 0.3) is 5.91 Å². The molecule has 88 valence electrons. The van der Waals surface area contributed by atoms with Crippen molar-refractivity contribution in [2.45, 2.75) is 6.92 Å². The normalized spacial score (nSPS) is 15.6. The lowest BCUT2D eigenvalue weighted by Crippen LogP contribution is -2.03. The molecule has 2 aromatic rings. The number of rotatable bonds is 1. The number of nitrogens with one attached hydrogen (secondary N) is 1. The van der Waals surface area contributed by atoms with Crippen molar-refractivity contribution in [3.8, 4) is 0 Å². The second-order valence-corrected chi connectivity index (χ2v) is 4.47. The third-order valence-corrected chi connectivity index (χ3v) is 3.10. The predicted molar refractivity (Wildman–Crippen MR) is 74.1 cm³/mol. The molecule has 2 nitrogen and oxygen atoms in total. The van der Waals surface area contributed by atoms with E-state index in [4.69, 9.17) is 0 Å². The zero-order valence-electron chi connectivity index (χ0n) is 10.1. The van der Waals surface area contributed by atoms with Gasteiger partial charge in [0.15, 0.2) is 0 Å². The standard InChI is InChI=1S/C16H13NO/c1-11-6-8-12(9-7-11)10-14-13-4-2-3-5-15(13)17-16(14)18/h2-10H,1H3,(H,17,18)/b14-10-. The first-order valence-electron chi connectivity index (χ1n) is 5.93. The summed E-state index contributed by atoms with van der Waals surface area (Å²) in [7, 11) is 0. The fourth-order valence-electron chi connectivity index (χ4n) is 2.11. The molecule has 0 fully saturated rings. The summed E-state index contributed by atoms with van der Waals surface area (Å²) in [5.74, 6) is -0.0308. The number of hydrogen-bond acceptors (Lipinski definition) is 1. The Morgan fingerprint density at radius 2 is 1.72 bits per heavy atom. The molecule has 0 unspecified atom stereocenters. The molecule has 0 saturated carbocycles. The van der Waals surface area contributed by atoms with E-state index in [9.17, 15) is 4.79 Å². The number of benzene rings is 2. The lowest BCUT2D eigenvalue weighted by molar-refractivity contribution is -0.110. The molecule has 0 aliphatic carbocycles. The first-order valence-corrected chi connectivity index (χ1v) is 5.93. The van der Waals surface area contributed by atoms with Gasteiger partial charge < -0.3 is 5.32 Å². The van der Waals surface area contributed by atoms with E-state index in [1.807, 2.05) is 54.6 Å². The first kappa shape index (κ1) is 10.8. The molecule has 3 rings (SSSR count). The molecule has 0 spiro atoms. The second-order valence-electron chi connectivity index (χ2n) is 4.47. The van der Waals surface area contributed by atoms with E-state index in [1.165, 1.54) is 5.56 Å². The van der Waals surface area contributed by atoms with Crippen molar-refractivity contribution in [3.63, 3.8) is 0 Å². The average molecular weight is 235 g/mol. The average Bonchev–Trinajstić information content (AvgIpc) is 2.69. The number of anilines is 1. The third kappa shape index (κ3) is 1.82. The van der Waals surface area contributed by atoms with Crippen LogP contribution < -0.4 is 5.32 Å². The summed E-state index contributed by atoms with van der Waals surface area (Å²) in [4.78, 5) is 11.9. The van der Waals surface area contributed by atoms with Gasteiger partial charge in [-0.25, -0.2) is 0 Å². The Kier molecular flexibility index (Phi) is 2.49. The summed E-state index contributed by atoms with van der Waals surface area (Å²) in [5.41, 5.74) is 4.86. The Morgan fingerprint density at radius 3 is 2.50 bits per heavy atom. The van der Waals surface area contributed by atoms with E-state index in [0.29, 0.717) is 0 Å². The van der Waals surface area contributed by atoms with Gasteiger partial charge in [-0.15, -0.1) is 0 Å². The fourth-order valence-corrected chi connectivity index (χ4v) is 2.11. The molecule has 18 heavy (non-hydrogen) atoms. The minimum Gasteiger partial charge on any atom is -0.321 e. The molecular formula is C16H13NO. The van der Waals surface area contributed by atoms with Crippen LogP contribution in [-0.4, -0.2) is 5.91 Å². The molecule has 2 heteroatoms. The number of para-hydroxylation sites is 1. The largest absolute Gasteiger partial charge is 0.321 e. The molecule has 0 atom stereocenters. The zero-order valence-corrected chi connectivity index (χ0v) is 10.1. The van der Waals surface area contributed by atoms with Crippen molar-refractivity contribution in [1.29, 1.82) is 0 Å². The van der Waals surface area contributed by atoms with Gasteiger partial charge in [0, 0.05) is 16.8 Å². The Bertz CT molecular complexity index is 638. The van der Waals surface area contributed by atoms with Crippen molar-refractivity contribution in [3.05, 3.63) is 65.2 Å². The van der Waals surface area contributed by atoms with Crippen LogP contribution in [0.15, 0.2) is 48.5 Å². The van der Waals surface area contributed by atoms with Gasteiger partial charge in [0.1, 0.15) is 0 Å². The molecule has 1 aliphatic rings. The molecule has 1 amide bonds. The highest BCUT2D eigenvalue weighted by molar-refractivity contribution is 6.34. The number of hydrogen-bond donors (Lipinski definition) is 1. The molecule has 1 heterocycles. The predicted octanol–water partition coefficient (Wildman–Crippen LogP) is 3.49. The molecule has 2 aromatic carbocycles. The number of fused-ring (bicyclic) bond motifs is 1. The highest BCUT2D eigenvalue weighted by atomic mass is 16.1. The van der Waals surface area contributed by atoms with Crippen LogP contribution >= 0.6 is 0 Å². The van der Waals surface area contributed by atoms with Gasteiger partial charge >= 0.3 is 0 Å². The maximum Gasteiger partial charge on any atom is 0.256 e. The fraction of sp³-hybridized carbons (Fsp3) is 0.0625. The minimum atomic E-state index is -0.0308. The van der Waals surface area contributed by atoms with Crippen molar-refractivity contribution in [2.75, 3.05) is 5.32 Å². The molecule has 1 N–H and O–H groups in total. The van der Waals surface area contributed by atoms with Gasteiger partial charge in [-0.1, -0.05) is 48.0 Å². The van der Waals surface area contributed by atoms with Crippen molar-refractivity contribution >= 4 is 23.2 Å². The Balaban J connectivity index is 2.07. The van der Waals surface area contributed by atoms with E-state index in [2.05, 4.69) is 12.2 Å². The summed E-state index contributed by atoms with van der Waals surface area (Å²) in [6.45, 7) is 2.05. The quantitative estimate of drug-likeness (QED) is 0.753. The van der Waals surface area contributed by atoms with Gasteiger partial charge in [0.2, 0.25) is 0 Å². The van der Waals surface area contributed by atoms with Crippen LogP contribution in [0.1, 0.15) is 16.7 Å². The van der Waals surface area contributed by atoms with Gasteiger partial charge in [0.05, 0.1) is 0 Å². The molecular weight excluding hydrogens is 222 g/mol. The number of carbonyl (C=O) groups is 1. The van der Waals surface area contributed by atoms with Crippen LogP contribution in [0.3, 0.4) is 0 Å². The summed E-state index contributed by atoms with van der Waals surface area (Å²) in [5, 5.41) is 2.87. The lowest BCUT2D eigenvalue weighted by atomic mass is 10.0. The smallest absolute Gasteiger partial charge is 0.256 e. The van der Waals surface area contributed by atoms with E-state index >= 15 is 0 Å². The lowest BCUT2D eigenvalue weighted by Gasteiger charge is -1.99. The second kappa shape index (κ2) is 4.15. The topological polar surface area (TPSA) is 29.1 Å². The molecule has 1 aliphatic heterocycles. The number of aryl methyl sites for hydroxylation is 1. The van der Waals surface area contributed by atoms with Gasteiger partial charge in [-0.2, -0.15) is 0 Å².